The minimum atomic E-state index is -0.305. The first-order valence-electron chi connectivity index (χ1n) is 7.04. The van der Waals surface area contributed by atoms with Crippen molar-refractivity contribution in [1.82, 2.24) is 0 Å². The Balaban J connectivity index is 1.93. The molecule has 3 rings (SSSR count). The van der Waals surface area contributed by atoms with Gasteiger partial charge in [0, 0.05) is 11.1 Å². The Morgan fingerprint density at radius 3 is 2.42 bits per heavy atom. The van der Waals surface area contributed by atoms with E-state index in [0.29, 0.717) is 10.6 Å². The van der Waals surface area contributed by atoms with Gasteiger partial charge in [-0.15, -0.1) is 0 Å². The molecule has 0 fully saturated rings. The molecule has 1 aliphatic heterocycles. The number of benzene rings is 2. The zero-order chi connectivity index (χ0) is 16.9. The molecule has 24 heavy (non-hydrogen) atoms. The number of nitriles is 1. The quantitative estimate of drug-likeness (QED) is 0.352. The van der Waals surface area contributed by atoms with E-state index >= 15 is 0 Å². The van der Waals surface area contributed by atoms with Gasteiger partial charge in [-0.1, -0.05) is 30.3 Å². The first kappa shape index (κ1) is 16.4. The third kappa shape index (κ3) is 3.37. The summed E-state index contributed by atoms with van der Waals surface area (Å²) in [5.74, 6) is 0.462. The largest absolute Gasteiger partial charge is 0.497 e. The average Bonchev–Trinajstić information content (AvgIpc) is 3.13. The monoisotopic (exact) mass is 352 g/mol. The van der Waals surface area contributed by atoms with Gasteiger partial charge in [0.1, 0.15) is 27.5 Å². The summed E-state index contributed by atoms with van der Waals surface area (Å²) in [5.41, 5.74) is 1.48. The molecule has 118 valence electrons. The predicted molar refractivity (Wildman–Crippen MR) is 98.1 cm³/mol. The zero-order valence-electron chi connectivity index (χ0n) is 12.7. The second-order valence-corrected chi connectivity index (χ2v) is 6.91. The maximum atomic E-state index is 12.5. The molecule has 4 nitrogen and oxygen atoms in total. The lowest BCUT2D eigenvalue weighted by Gasteiger charge is -2.01. The molecule has 0 amide bonds. The van der Waals surface area contributed by atoms with E-state index in [9.17, 15) is 10.1 Å². The standard InChI is InChI=1S/C18H12N2O2S2/c1-22-14-9-7-13(8-10-14)17-20-18(24-23-17)15(11-19)16(21)12-5-3-2-4-6-12/h2-10H,1H3/b18-15-. The van der Waals surface area contributed by atoms with Crippen LogP contribution in [0, 0.1) is 11.3 Å². The number of hydrogen-bond acceptors (Lipinski definition) is 6. The fourth-order valence-electron chi connectivity index (χ4n) is 2.08. The van der Waals surface area contributed by atoms with E-state index in [1.54, 1.807) is 31.4 Å². The second-order valence-electron chi connectivity index (χ2n) is 4.80. The topological polar surface area (TPSA) is 62.4 Å². The fourth-order valence-corrected chi connectivity index (χ4v) is 4.24. The Labute approximate surface area is 147 Å². The number of ether oxygens (including phenoxy) is 1. The van der Waals surface area contributed by atoms with Crippen LogP contribution in [0.2, 0.25) is 0 Å². The molecule has 0 N–H and O–H groups in total. The number of Topliss-reactive ketones (excluding diaryl/α,β-unsaturated/α-hetero) is 1. The number of nitrogens with zero attached hydrogens (tertiary/aromatic N) is 2. The van der Waals surface area contributed by atoms with Gasteiger partial charge in [-0.2, -0.15) is 5.26 Å². The summed E-state index contributed by atoms with van der Waals surface area (Å²) in [6.45, 7) is 0. The highest BCUT2D eigenvalue weighted by Gasteiger charge is 2.23. The number of carbonyl (C=O) groups is 1. The van der Waals surface area contributed by atoms with Crippen LogP contribution in [0.25, 0.3) is 0 Å². The summed E-state index contributed by atoms with van der Waals surface area (Å²) in [6, 6.07) is 18.3. The van der Waals surface area contributed by atoms with Gasteiger partial charge in [0.2, 0.25) is 5.78 Å². The normalized spacial score (nSPS) is 15.4. The van der Waals surface area contributed by atoms with Gasteiger partial charge < -0.3 is 4.74 Å². The number of rotatable bonds is 4. The van der Waals surface area contributed by atoms with Crippen molar-refractivity contribution in [2.45, 2.75) is 0 Å². The van der Waals surface area contributed by atoms with Crippen molar-refractivity contribution in [3.05, 3.63) is 76.3 Å². The molecule has 0 bridgehead atoms. The van der Waals surface area contributed by atoms with Crippen LogP contribution in [0.4, 0.5) is 0 Å². The summed E-state index contributed by atoms with van der Waals surface area (Å²) < 4.78 is 5.14. The minimum Gasteiger partial charge on any atom is -0.497 e. The molecule has 0 spiro atoms. The maximum Gasteiger partial charge on any atom is 0.206 e. The Hall–Kier alpha value is -2.49. The fraction of sp³-hybridized carbons (Fsp3) is 0.0556. The third-order valence-electron chi connectivity index (χ3n) is 3.33. The van der Waals surface area contributed by atoms with Crippen LogP contribution >= 0.6 is 21.6 Å². The van der Waals surface area contributed by atoms with Crippen molar-refractivity contribution >= 4 is 32.4 Å². The lowest BCUT2D eigenvalue weighted by atomic mass is 10.1. The number of carbonyl (C=O) groups excluding carboxylic acids is 1. The molecule has 1 aliphatic rings. The SMILES string of the molecule is COc1ccc(C2=N/C(=C(\C#N)C(=O)c3ccccc3)SS2)cc1. The van der Waals surface area contributed by atoms with Crippen LogP contribution in [0.5, 0.6) is 5.75 Å². The first-order chi connectivity index (χ1) is 11.7. The van der Waals surface area contributed by atoms with Gasteiger partial charge in [-0.3, -0.25) is 4.79 Å². The molecule has 0 aromatic heterocycles. The van der Waals surface area contributed by atoms with E-state index in [4.69, 9.17) is 4.74 Å². The molecular weight excluding hydrogens is 340 g/mol. The molecule has 0 unspecified atom stereocenters. The van der Waals surface area contributed by atoms with E-state index < -0.39 is 0 Å². The summed E-state index contributed by atoms with van der Waals surface area (Å²) >= 11 is 0. The van der Waals surface area contributed by atoms with Crippen LogP contribution in [0.15, 0.2) is 70.2 Å². The van der Waals surface area contributed by atoms with Crippen LogP contribution in [-0.4, -0.2) is 17.9 Å². The molecular formula is C18H12N2O2S2. The number of hydrogen-bond donors (Lipinski definition) is 0. The molecule has 0 aliphatic carbocycles. The van der Waals surface area contributed by atoms with Crippen molar-refractivity contribution < 1.29 is 9.53 Å². The molecule has 6 heteroatoms. The van der Waals surface area contributed by atoms with Crippen LogP contribution in [-0.2, 0) is 0 Å². The van der Waals surface area contributed by atoms with Crippen LogP contribution in [0.3, 0.4) is 0 Å². The second kappa shape index (κ2) is 7.39. The third-order valence-corrected chi connectivity index (χ3v) is 5.55. The van der Waals surface area contributed by atoms with E-state index in [-0.39, 0.29) is 11.4 Å². The highest BCUT2D eigenvalue weighted by molar-refractivity contribution is 8.84. The summed E-state index contributed by atoms with van der Waals surface area (Å²) in [6.07, 6.45) is 0. The summed E-state index contributed by atoms with van der Waals surface area (Å²) in [5, 5.41) is 10.6. The van der Waals surface area contributed by atoms with E-state index in [1.807, 2.05) is 36.4 Å². The van der Waals surface area contributed by atoms with Crippen LogP contribution < -0.4 is 4.74 Å². The lowest BCUT2D eigenvalue weighted by molar-refractivity contribution is 0.103. The van der Waals surface area contributed by atoms with Crippen molar-refractivity contribution in [2.75, 3.05) is 7.11 Å². The van der Waals surface area contributed by atoms with E-state index in [1.165, 1.54) is 21.6 Å². The first-order valence-corrected chi connectivity index (χ1v) is 9.19. The van der Waals surface area contributed by atoms with Gasteiger partial charge in [-0.05, 0) is 45.9 Å². The number of methoxy groups -OCH3 is 1. The lowest BCUT2D eigenvalue weighted by Crippen LogP contribution is -2.03. The van der Waals surface area contributed by atoms with Crippen molar-refractivity contribution in [3.63, 3.8) is 0 Å². The Kier molecular flexibility index (Phi) is 5.04. The smallest absolute Gasteiger partial charge is 0.206 e. The summed E-state index contributed by atoms with van der Waals surface area (Å²) in [7, 11) is 4.38. The van der Waals surface area contributed by atoms with E-state index in [0.717, 1.165) is 16.4 Å². The molecule has 0 radical (unpaired) electrons. The highest BCUT2D eigenvalue weighted by atomic mass is 33.1. The Morgan fingerprint density at radius 2 is 1.79 bits per heavy atom. The highest BCUT2D eigenvalue weighted by Crippen LogP contribution is 2.43. The number of ketones is 1. The van der Waals surface area contributed by atoms with Gasteiger partial charge in [0.05, 0.1) is 7.11 Å². The molecule has 2 aromatic carbocycles. The molecule has 0 atom stereocenters. The van der Waals surface area contributed by atoms with Gasteiger partial charge in [0.25, 0.3) is 0 Å². The van der Waals surface area contributed by atoms with E-state index in [2.05, 4.69) is 4.99 Å². The van der Waals surface area contributed by atoms with Crippen molar-refractivity contribution in [1.29, 1.82) is 5.26 Å². The molecule has 0 saturated carbocycles. The number of allylic oxidation sites excluding steroid dienone is 1. The van der Waals surface area contributed by atoms with Crippen molar-refractivity contribution in [2.24, 2.45) is 4.99 Å². The minimum absolute atomic E-state index is 0.0715. The predicted octanol–water partition coefficient (Wildman–Crippen LogP) is 4.45. The van der Waals surface area contributed by atoms with Gasteiger partial charge in [0.15, 0.2) is 0 Å². The van der Waals surface area contributed by atoms with Crippen molar-refractivity contribution in [3.8, 4) is 11.8 Å². The van der Waals surface area contributed by atoms with Gasteiger partial charge >= 0.3 is 0 Å². The zero-order valence-corrected chi connectivity index (χ0v) is 14.4. The molecule has 0 saturated heterocycles. The number of aliphatic imine (C=N–C) groups is 1. The Bertz CT molecular complexity index is 866. The summed E-state index contributed by atoms with van der Waals surface area (Å²) in [4.78, 5) is 17.0. The Morgan fingerprint density at radius 1 is 1.08 bits per heavy atom. The molecule has 1 heterocycles. The maximum absolute atomic E-state index is 12.5. The molecule has 2 aromatic rings. The van der Waals surface area contributed by atoms with Crippen LogP contribution in [0.1, 0.15) is 15.9 Å². The van der Waals surface area contributed by atoms with Gasteiger partial charge in [-0.25, -0.2) is 4.99 Å². The average molecular weight is 352 g/mol.